The molecule has 0 amide bonds. The molecule has 0 saturated carbocycles. The van der Waals surface area contributed by atoms with Crippen LogP contribution in [-0.4, -0.2) is 75.1 Å². The molecule has 3 atom stereocenters. The summed E-state index contributed by atoms with van der Waals surface area (Å²) in [5.74, 6) is 5.56. The fraction of sp³-hybridized carbons (Fsp3) is 1.00. The van der Waals surface area contributed by atoms with Crippen molar-refractivity contribution in [2.45, 2.75) is 102 Å². The lowest BCUT2D eigenvalue weighted by atomic mass is 9.95. The number of nitrogens with zero attached hydrogens (tertiary/aromatic N) is 3. The van der Waals surface area contributed by atoms with Gasteiger partial charge in [-0.2, -0.15) is 0 Å². The van der Waals surface area contributed by atoms with Crippen LogP contribution in [0, 0.1) is 35.5 Å². The van der Waals surface area contributed by atoms with Crippen molar-refractivity contribution in [3.63, 3.8) is 0 Å². The van der Waals surface area contributed by atoms with Gasteiger partial charge in [0.15, 0.2) is 0 Å². The highest BCUT2D eigenvalue weighted by Gasteiger charge is 2.22. The average molecular weight is 472 g/mol. The normalized spacial score (nSPS) is 25.1. The van der Waals surface area contributed by atoms with Crippen LogP contribution in [0.25, 0.3) is 0 Å². The van der Waals surface area contributed by atoms with Crippen LogP contribution in [0.1, 0.15) is 102 Å². The van der Waals surface area contributed by atoms with E-state index < -0.39 is 0 Å². The van der Waals surface area contributed by atoms with Gasteiger partial charge in [-0.1, -0.05) is 83.1 Å². The highest BCUT2D eigenvalue weighted by atomic mass is 15.1. The lowest BCUT2D eigenvalue weighted by molar-refractivity contribution is 0.352. The van der Waals surface area contributed by atoms with Crippen molar-refractivity contribution in [2.75, 3.05) is 60.4 Å². The number of hydrogen-bond acceptors (Lipinski definition) is 3. The Labute approximate surface area is 213 Å². The molecule has 3 heteroatoms. The Kier molecular flexibility index (Phi) is 26.8. The first-order valence-electron chi connectivity index (χ1n) is 14.7. The lowest BCUT2D eigenvalue weighted by Gasteiger charge is -2.13. The molecule has 204 valence electrons. The molecule has 0 aromatic rings. The van der Waals surface area contributed by atoms with Crippen molar-refractivity contribution in [3.8, 4) is 0 Å². The fourth-order valence-electron chi connectivity index (χ4n) is 4.54. The summed E-state index contributed by atoms with van der Waals surface area (Å²) in [7, 11) is 6.63. The first-order valence-corrected chi connectivity index (χ1v) is 14.7. The third kappa shape index (κ3) is 18.8. The zero-order valence-electron chi connectivity index (χ0n) is 26.2. The smallest absolute Gasteiger partial charge is 0.000953 e. The van der Waals surface area contributed by atoms with Gasteiger partial charge in [-0.25, -0.2) is 0 Å². The number of likely N-dealkylation sites (tertiary alicyclic amines) is 3. The van der Waals surface area contributed by atoms with Gasteiger partial charge in [0.05, 0.1) is 0 Å². The van der Waals surface area contributed by atoms with E-state index in [4.69, 9.17) is 0 Å². The molecule has 0 aliphatic carbocycles. The first kappa shape index (κ1) is 37.4. The van der Waals surface area contributed by atoms with Gasteiger partial charge in [0.2, 0.25) is 0 Å². The molecule has 3 aliphatic rings. The van der Waals surface area contributed by atoms with Crippen LogP contribution in [0.5, 0.6) is 0 Å². The zero-order chi connectivity index (χ0) is 26.6. The van der Waals surface area contributed by atoms with Gasteiger partial charge in [0.25, 0.3) is 0 Å². The van der Waals surface area contributed by atoms with Crippen molar-refractivity contribution in [2.24, 2.45) is 35.5 Å². The van der Waals surface area contributed by atoms with Crippen LogP contribution in [-0.2, 0) is 0 Å². The molecular weight excluding hydrogens is 402 g/mol. The standard InChI is InChI=1S/3C8H17N.3C2H6/c3*1-7(2)8-4-5-9(3)6-8;3*1-2/h3*7-8H,4-6H2,1-3H3;3*1-2H3/t2*8-;;;;/m10..../s1. The molecule has 0 radical (unpaired) electrons. The van der Waals surface area contributed by atoms with Gasteiger partial charge in [0, 0.05) is 19.6 Å². The van der Waals surface area contributed by atoms with Gasteiger partial charge in [-0.3, -0.25) is 0 Å². The molecular formula is C30H69N3. The third-order valence-electron chi connectivity index (χ3n) is 7.11. The Morgan fingerprint density at radius 1 is 0.424 bits per heavy atom. The summed E-state index contributed by atoms with van der Waals surface area (Å²) in [5.41, 5.74) is 0. The highest BCUT2D eigenvalue weighted by Crippen LogP contribution is 2.23. The highest BCUT2D eigenvalue weighted by molar-refractivity contribution is 4.76. The second kappa shape index (κ2) is 23.6. The SMILES string of the molecule is CC.CC.CC.CC(C)C1CCN(C)C1.CC(C)[C@@H]1CCN(C)C1.CC(C)[C@H]1CCN(C)C1. The van der Waals surface area contributed by atoms with Crippen LogP contribution in [0.3, 0.4) is 0 Å². The fourth-order valence-corrected chi connectivity index (χ4v) is 4.54. The summed E-state index contributed by atoms with van der Waals surface area (Å²) < 4.78 is 0. The van der Waals surface area contributed by atoms with Crippen molar-refractivity contribution < 1.29 is 0 Å². The molecule has 3 heterocycles. The minimum Gasteiger partial charge on any atom is -0.306 e. The Balaban J connectivity index is -0.000000367. The number of rotatable bonds is 3. The largest absolute Gasteiger partial charge is 0.306 e. The minimum atomic E-state index is 0.884. The summed E-state index contributed by atoms with van der Waals surface area (Å²) in [4.78, 5) is 7.26. The molecule has 3 fully saturated rings. The molecule has 0 N–H and O–H groups in total. The minimum absolute atomic E-state index is 0.884. The maximum atomic E-state index is 2.42. The summed E-state index contributed by atoms with van der Waals surface area (Å²) in [6.07, 6.45) is 4.23. The molecule has 1 unspecified atom stereocenters. The van der Waals surface area contributed by atoms with E-state index in [0.717, 1.165) is 35.5 Å². The zero-order valence-corrected chi connectivity index (χ0v) is 26.2. The molecule has 3 aliphatic heterocycles. The maximum Gasteiger partial charge on any atom is 0.000953 e. The lowest BCUT2D eigenvalue weighted by Crippen LogP contribution is -2.16. The Hall–Kier alpha value is -0.120. The Morgan fingerprint density at radius 2 is 0.606 bits per heavy atom. The van der Waals surface area contributed by atoms with Crippen LogP contribution in [0.4, 0.5) is 0 Å². The number of hydrogen-bond donors (Lipinski definition) is 0. The Bertz CT molecular complexity index is 324. The van der Waals surface area contributed by atoms with E-state index in [2.05, 4.69) is 77.4 Å². The summed E-state index contributed by atoms with van der Waals surface area (Å²) in [6.45, 7) is 33.8. The first-order chi connectivity index (χ1) is 15.6. The van der Waals surface area contributed by atoms with Crippen molar-refractivity contribution in [3.05, 3.63) is 0 Å². The molecule has 0 bridgehead atoms. The third-order valence-corrected chi connectivity index (χ3v) is 7.11. The molecule has 0 spiro atoms. The summed E-state index contributed by atoms with van der Waals surface area (Å²) in [5, 5.41) is 0. The molecule has 33 heavy (non-hydrogen) atoms. The second-order valence-electron chi connectivity index (χ2n) is 10.7. The van der Waals surface area contributed by atoms with Crippen molar-refractivity contribution >= 4 is 0 Å². The van der Waals surface area contributed by atoms with Crippen LogP contribution in [0.15, 0.2) is 0 Å². The van der Waals surface area contributed by atoms with E-state index in [1.165, 1.54) is 58.5 Å². The van der Waals surface area contributed by atoms with Crippen LogP contribution in [0.2, 0.25) is 0 Å². The second-order valence-corrected chi connectivity index (χ2v) is 10.7. The molecule has 3 rings (SSSR count). The predicted octanol–water partition coefficient (Wildman–Crippen LogP) is 7.86. The van der Waals surface area contributed by atoms with Gasteiger partial charge in [-0.05, 0) is 95.5 Å². The maximum absolute atomic E-state index is 2.42. The van der Waals surface area contributed by atoms with Crippen LogP contribution < -0.4 is 0 Å². The van der Waals surface area contributed by atoms with E-state index in [1.54, 1.807) is 0 Å². The van der Waals surface area contributed by atoms with Crippen molar-refractivity contribution in [1.29, 1.82) is 0 Å². The van der Waals surface area contributed by atoms with Gasteiger partial charge < -0.3 is 14.7 Å². The van der Waals surface area contributed by atoms with Gasteiger partial charge in [-0.15, -0.1) is 0 Å². The molecule has 3 saturated heterocycles. The Morgan fingerprint density at radius 3 is 0.667 bits per heavy atom. The van der Waals surface area contributed by atoms with E-state index in [1.807, 2.05) is 41.5 Å². The summed E-state index contributed by atoms with van der Waals surface area (Å²) >= 11 is 0. The van der Waals surface area contributed by atoms with Gasteiger partial charge in [0.1, 0.15) is 0 Å². The quantitative estimate of drug-likeness (QED) is 0.414. The molecule has 0 aromatic carbocycles. The predicted molar refractivity (Wildman–Crippen MR) is 155 cm³/mol. The topological polar surface area (TPSA) is 9.72 Å². The van der Waals surface area contributed by atoms with Crippen LogP contribution >= 0.6 is 0 Å². The molecule has 0 aromatic heterocycles. The average Bonchev–Trinajstić information content (AvgIpc) is 3.55. The van der Waals surface area contributed by atoms with Gasteiger partial charge >= 0.3 is 0 Å². The van der Waals surface area contributed by atoms with E-state index in [9.17, 15) is 0 Å². The van der Waals surface area contributed by atoms with E-state index >= 15 is 0 Å². The molecule has 3 nitrogen and oxygen atoms in total. The van der Waals surface area contributed by atoms with E-state index in [-0.39, 0.29) is 0 Å². The van der Waals surface area contributed by atoms with E-state index in [0.29, 0.717) is 0 Å². The monoisotopic (exact) mass is 472 g/mol. The summed E-state index contributed by atoms with van der Waals surface area (Å²) in [6, 6.07) is 0. The van der Waals surface area contributed by atoms with Crippen molar-refractivity contribution in [1.82, 2.24) is 14.7 Å².